The van der Waals surface area contributed by atoms with Crippen molar-refractivity contribution in [2.24, 2.45) is 12.5 Å². The number of hydrogen-bond donors (Lipinski definition) is 1. The van der Waals surface area contributed by atoms with Gasteiger partial charge in [0.1, 0.15) is 0 Å². The highest BCUT2D eigenvalue weighted by molar-refractivity contribution is 5.20. The molecule has 2 rings (SSSR count). The van der Waals surface area contributed by atoms with Gasteiger partial charge in [-0.1, -0.05) is 27.7 Å². The van der Waals surface area contributed by atoms with Crippen molar-refractivity contribution >= 4 is 0 Å². The van der Waals surface area contributed by atoms with Crippen molar-refractivity contribution in [3.8, 4) is 0 Å². The SMILES string of the molecule is CC(C)c1nn(C)cc1CNC1CCC(C)(C)C1. The number of rotatable bonds is 4. The second kappa shape index (κ2) is 5.04. The summed E-state index contributed by atoms with van der Waals surface area (Å²) in [5.74, 6) is 0.503. The van der Waals surface area contributed by atoms with Crippen LogP contribution in [-0.2, 0) is 13.6 Å². The van der Waals surface area contributed by atoms with Crippen molar-refractivity contribution in [1.82, 2.24) is 15.1 Å². The minimum atomic E-state index is 0.503. The largest absolute Gasteiger partial charge is 0.310 e. The molecule has 1 N–H and O–H groups in total. The van der Waals surface area contributed by atoms with Gasteiger partial charge in [0.2, 0.25) is 0 Å². The van der Waals surface area contributed by atoms with Gasteiger partial charge in [-0.3, -0.25) is 4.68 Å². The van der Waals surface area contributed by atoms with Gasteiger partial charge in [0, 0.05) is 31.4 Å². The molecule has 0 aromatic carbocycles. The quantitative estimate of drug-likeness (QED) is 0.888. The maximum absolute atomic E-state index is 4.56. The Morgan fingerprint density at radius 2 is 2.22 bits per heavy atom. The summed E-state index contributed by atoms with van der Waals surface area (Å²) in [6.45, 7) is 10.1. The van der Waals surface area contributed by atoms with Gasteiger partial charge in [0.15, 0.2) is 0 Å². The molecule has 1 aromatic rings. The van der Waals surface area contributed by atoms with Gasteiger partial charge in [-0.25, -0.2) is 0 Å². The van der Waals surface area contributed by atoms with Crippen LogP contribution >= 0.6 is 0 Å². The second-order valence-electron chi connectivity index (χ2n) is 6.85. The molecule has 0 radical (unpaired) electrons. The highest BCUT2D eigenvalue weighted by Gasteiger charge is 2.30. The highest BCUT2D eigenvalue weighted by atomic mass is 15.3. The zero-order valence-electron chi connectivity index (χ0n) is 12.5. The van der Waals surface area contributed by atoms with E-state index in [9.17, 15) is 0 Å². The van der Waals surface area contributed by atoms with Crippen LogP contribution in [0.15, 0.2) is 6.20 Å². The third-order valence-corrected chi connectivity index (χ3v) is 4.03. The van der Waals surface area contributed by atoms with E-state index in [-0.39, 0.29) is 0 Å². The van der Waals surface area contributed by atoms with E-state index in [4.69, 9.17) is 0 Å². The van der Waals surface area contributed by atoms with Gasteiger partial charge in [-0.05, 0) is 30.6 Å². The Bertz CT molecular complexity index is 404. The summed E-state index contributed by atoms with van der Waals surface area (Å²) in [7, 11) is 2.01. The van der Waals surface area contributed by atoms with Gasteiger partial charge in [-0.15, -0.1) is 0 Å². The number of hydrogen-bond acceptors (Lipinski definition) is 2. The molecule has 0 spiro atoms. The molecule has 1 fully saturated rings. The van der Waals surface area contributed by atoms with Crippen molar-refractivity contribution in [1.29, 1.82) is 0 Å². The van der Waals surface area contributed by atoms with Crippen LogP contribution in [0, 0.1) is 5.41 Å². The lowest BCUT2D eigenvalue weighted by Gasteiger charge is -2.18. The van der Waals surface area contributed by atoms with Gasteiger partial charge in [0.25, 0.3) is 0 Å². The second-order valence-corrected chi connectivity index (χ2v) is 6.85. The molecule has 0 aliphatic heterocycles. The van der Waals surface area contributed by atoms with Gasteiger partial charge >= 0.3 is 0 Å². The van der Waals surface area contributed by atoms with Crippen LogP contribution in [-0.4, -0.2) is 15.8 Å². The molecule has 1 heterocycles. The summed E-state index contributed by atoms with van der Waals surface area (Å²) >= 11 is 0. The molecule has 3 heteroatoms. The Hall–Kier alpha value is -0.830. The Balaban J connectivity index is 1.94. The first-order valence-electron chi connectivity index (χ1n) is 7.13. The molecule has 102 valence electrons. The summed E-state index contributed by atoms with van der Waals surface area (Å²) in [5, 5.41) is 8.27. The average molecular weight is 249 g/mol. The van der Waals surface area contributed by atoms with Crippen LogP contribution in [0.4, 0.5) is 0 Å². The molecule has 18 heavy (non-hydrogen) atoms. The minimum Gasteiger partial charge on any atom is -0.310 e. The molecule has 1 aromatic heterocycles. The molecule has 1 saturated carbocycles. The smallest absolute Gasteiger partial charge is 0.0694 e. The van der Waals surface area contributed by atoms with Gasteiger partial charge < -0.3 is 5.32 Å². The van der Waals surface area contributed by atoms with Crippen LogP contribution in [0.2, 0.25) is 0 Å². The van der Waals surface area contributed by atoms with Crippen LogP contribution in [0.1, 0.15) is 64.1 Å². The van der Waals surface area contributed by atoms with E-state index < -0.39 is 0 Å². The van der Waals surface area contributed by atoms with E-state index in [1.807, 2.05) is 11.7 Å². The predicted molar refractivity (Wildman–Crippen MR) is 75.6 cm³/mol. The Labute approximate surface area is 111 Å². The lowest BCUT2D eigenvalue weighted by atomic mass is 9.92. The summed E-state index contributed by atoms with van der Waals surface area (Å²) < 4.78 is 1.94. The van der Waals surface area contributed by atoms with Crippen LogP contribution < -0.4 is 5.32 Å². The van der Waals surface area contributed by atoms with E-state index >= 15 is 0 Å². The van der Waals surface area contributed by atoms with E-state index in [2.05, 4.69) is 44.3 Å². The third kappa shape index (κ3) is 3.14. The van der Waals surface area contributed by atoms with E-state index in [1.165, 1.54) is 30.5 Å². The topological polar surface area (TPSA) is 29.9 Å². The summed E-state index contributed by atoms with van der Waals surface area (Å²) in [6, 6.07) is 0.681. The van der Waals surface area contributed by atoms with Crippen molar-refractivity contribution in [2.45, 2.75) is 65.5 Å². The predicted octanol–water partition coefficient (Wildman–Crippen LogP) is 3.21. The molecule has 0 amide bonds. The monoisotopic (exact) mass is 249 g/mol. The summed E-state index contributed by atoms with van der Waals surface area (Å²) in [6.07, 6.45) is 6.10. The lowest BCUT2D eigenvalue weighted by Crippen LogP contribution is -2.27. The first kappa shape index (κ1) is 13.6. The first-order chi connectivity index (χ1) is 8.37. The maximum atomic E-state index is 4.56. The zero-order chi connectivity index (χ0) is 13.3. The van der Waals surface area contributed by atoms with E-state index in [0.29, 0.717) is 17.4 Å². The Kier molecular flexibility index (Phi) is 3.81. The van der Waals surface area contributed by atoms with Crippen LogP contribution in [0.25, 0.3) is 0 Å². The van der Waals surface area contributed by atoms with Gasteiger partial charge in [-0.2, -0.15) is 5.10 Å². The standard InChI is InChI=1S/C15H27N3/c1-11(2)14-12(10-18(5)17-14)9-16-13-6-7-15(3,4)8-13/h10-11,13,16H,6-9H2,1-5H3. The number of aryl methyl sites for hydroxylation is 1. The number of aromatic nitrogens is 2. The molecule has 0 bridgehead atoms. The van der Waals surface area contributed by atoms with Crippen molar-refractivity contribution in [3.63, 3.8) is 0 Å². The fourth-order valence-corrected chi connectivity index (χ4v) is 3.04. The van der Waals surface area contributed by atoms with E-state index in [1.54, 1.807) is 0 Å². The number of nitrogens with one attached hydrogen (secondary N) is 1. The highest BCUT2D eigenvalue weighted by Crippen LogP contribution is 2.37. The molecule has 1 aliphatic carbocycles. The fraction of sp³-hybridized carbons (Fsp3) is 0.800. The molecular formula is C15H27N3. The normalized spacial score (nSPS) is 22.9. The van der Waals surface area contributed by atoms with Crippen molar-refractivity contribution < 1.29 is 0 Å². The Morgan fingerprint density at radius 3 is 2.78 bits per heavy atom. The van der Waals surface area contributed by atoms with Crippen LogP contribution in [0.3, 0.4) is 0 Å². The molecule has 0 saturated heterocycles. The zero-order valence-corrected chi connectivity index (χ0v) is 12.5. The minimum absolute atomic E-state index is 0.503. The molecule has 3 nitrogen and oxygen atoms in total. The van der Waals surface area contributed by atoms with Crippen molar-refractivity contribution in [2.75, 3.05) is 0 Å². The lowest BCUT2D eigenvalue weighted by molar-refractivity contribution is 0.364. The average Bonchev–Trinajstić information content (AvgIpc) is 2.78. The molecule has 1 aliphatic rings. The molecule has 1 atom stereocenters. The third-order valence-electron chi connectivity index (χ3n) is 4.03. The number of nitrogens with zero attached hydrogens (tertiary/aromatic N) is 2. The first-order valence-corrected chi connectivity index (χ1v) is 7.13. The van der Waals surface area contributed by atoms with Crippen molar-refractivity contribution in [3.05, 3.63) is 17.5 Å². The molecular weight excluding hydrogens is 222 g/mol. The molecule has 1 unspecified atom stereocenters. The fourth-order valence-electron chi connectivity index (χ4n) is 3.04. The summed E-state index contributed by atoms with van der Waals surface area (Å²) in [5.41, 5.74) is 3.12. The summed E-state index contributed by atoms with van der Waals surface area (Å²) in [4.78, 5) is 0. The van der Waals surface area contributed by atoms with Gasteiger partial charge in [0.05, 0.1) is 5.69 Å². The Morgan fingerprint density at radius 1 is 1.50 bits per heavy atom. The maximum Gasteiger partial charge on any atom is 0.0694 e. The van der Waals surface area contributed by atoms with Crippen LogP contribution in [0.5, 0.6) is 0 Å². The van der Waals surface area contributed by atoms with E-state index in [0.717, 1.165) is 6.54 Å².